The molecule has 3 rings (SSSR count). The largest absolute Gasteiger partial charge is 0.329 e. The Morgan fingerprint density at radius 3 is 2.83 bits per heavy atom. The van der Waals surface area contributed by atoms with E-state index in [-0.39, 0.29) is 0 Å². The topological polar surface area (TPSA) is 33.1 Å². The van der Waals surface area contributed by atoms with Gasteiger partial charge in [0.15, 0.2) is 0 Å². The number of rotatable bonds is 4. The van der Waals surface area contributed by atoms with Gasteiger partial charge < -0.3 is 9.88 Å². The van der Waals surface area contributed by atoms with Gasteiger partial charge in [-0.1, -0.05) is 6.42 Å². The van der Waals surface area contributed by atoms with E-state index >= 15 is 0 Å². The van der Waals surface area contributed by atoms with E-state index in [1.54, 1.807) is 0 Å². The maximum absolute atomic E-state index is 4.98. The van der Waals surface area contributed by atoms with Crippen LogP contribution in [0, 0.1) is 0 Å². The molecule has 2 heterocycles. The summed E-state index contributed by atoms with van der Waals surface area (Å²) in [5.74, 6) is 2.13. The van der Waals surface area contributed by atoms with E-state index in [0.717, 1.165) is 38.5 Å². The molecule has 2 aliphatic rings. The minimum Gasteiger partial charge on any atom is -0.329 e. The van der Waals surface area contributed by atoms with Crippen LogP contribution in [0.3, 0.4) is 0 Å². The monoisotopic (exact) mass is 248 g/mol. The predicted molar refractivity (Wildman–Crippen MR) is 72.8 cm³/mol. The van der Waals surface area contributed by atoms with Gasteiger partial charge in [0, 0.05) is 38.5 Å². The first kappa shape index (κ1) is 12.2. The number of aromatic nitrogens is 2. The summed E-state index contributed by atoms with van der Waals surface area (Å²) < 4.78 is 2.52. The maximum atomic E-state index is 4.98. The summed E-state index contributed by atoms with van der Waals surface area (Å²) >= 11 is 0. The fourth-order valence-electron chi connectivity index (χ4n) is 3.01. The van der Waals surface area contributed by atoms with Gasteiger partial charge in [-0.05, 0) is 26.9 Å². The second kappa shape index (κ2) is 5.02. The molecule has 0 spiro atoms. The Morgan fingerprint density at radius 1 is 1.33 bits per heavy atom. The summed E-state index contributed by atoms with van der Waals surface area (Å²) in [7, 11) is 4.23. The minimum absolute atomic E-state index is 0.746. The SMILES string of the molecule is CNCCc1nc(C2CCC2)n2c1CN(C)CC2. The number of nitrogens with one attached hydrogen (secondary N) is 1. The molecule has 1 aromatic heterocycles. The second-order valence-electron chi connectivity index (χ2n) is 5.73. The third-order valence-corrected chi connectivity index (χ3v) is 4.39. The lowest BCUT2D eigenvalue weighted by Crippen LogP contribution is -2.32. The van der Waals surface area contributed by atoms with E-state index in [4.69, 9.17) is 4.98 Å². The van der Waals surface area contributed by atoms with E-state index in [9.17, 15) is 0 Å². The molecule has 4 nitrogen and oxygen atoms in total. The highest BCUT2D eigenvalue weighted by atomic mass is 15.2. The van der Waals surface area contributed by atoms with E-state index in [2.05, 4.69) is 21.8 Å². The molecule has 0 aromatic carbocycles. The van der Waals surface area contributed by atoms with Crippen molar-refractivity contribution in [1.82, 2.24) is 19.8 Å². The molecule has 0 bridgehead atoms. The van der Waals surface area contributed by atoms with E-state index in [1.165, 1.54) is 36.5 Å². The molecule has 1 aliphatic carbocycles. The van der Waals surface area contributed by atoms with Gasteiger partial charge in [0.25, 0.3) is 0 Å². The molecule has 18 heavy (non-hydrogen) atoms. The number of hydrogen-bond donors (Lipinski definition) is 1. The molecule has 0 unspecified atom stereocenters. The lowest BCUT2D eigenvalue weighted by Gasteiger charge is -2.30. The molecule has 4 heteroatoms. The second-order valence-corrected chi connectivity index (χ2v) is 5.73. The maximum Gasteiger partial charge on any atom is 0.112 e. The highest BCUT2D eigenvalue weighted by Gasteiger charge is 2.29. The average molecular weight is 248 g/mol. The Balaban J connectivity index is 1.90. The Morgan fingerprint density at radius 2 is 2.17 bits per heavy atom. The summed E-state index contributed by atoms with van der Waals surface area (Å²) in [5, 5.41) is 3.24. The lowest BCUT2D eigenvalue weighted by molar-refractivity contribution is 0.259. The molecule has 100 valence electrons. The number of imidazole rings is 1. The van der Waals surface area contributed by atoms with Crippen LogP contribution in [0.4, 0.5) is 0 Å². The van der Waals surface area contributed by atoms with E-state index in [0.29, 0.717) is 0 Å². The molecule has 0 radical (unpaired) electrons. The van der Waals surface area contributed by atoms with Crippen molar-refractivity contribution >= 4 is 0 Å². The van der Waals surface area contributed by atoms with Crippen LogP contribution in [-0.2, 0) is 19.5 Å². The molecule has 1 aromatic rings. The third kappa shape index (κ3) is 2.08. The molecule has 1 saturated carbocycles. The molecular formula is C14H24N4. The molecule has 0 amide bonds. The molecular weight excluding hydrogens is 224 g/mol. The van der Waals surface area contributed by atoms with Crippen molar-refractivity contribution in [2.45, 2.75) is 44.7 Å². The number of likely N-dealkylation sites (N-methyl/N-ethyl adjacent to an activating group) is 2. The highest BCUT2D eigenvalue weighted by Crippen LogP contribution is 2.37. The summed E-state index contributed by atoms with van der Waals surface area (Å²) in [6, 6.07) is 0. The number of hydrogen-bond acceptors (Lipinski definition) is 3. The van der Waals surface area contributed by atoms with Gasteiger partial charge in [0.2, 0.25) is 0 Å². The normalized spacial score (nSPS) is 20.8. The van der Waals surface area contributed by atoms with Crippen LogP contribution in [0.15, 0.2) is 0 Å². The molecule has 1 aliphatic heterocycles. The summed E-state index contributed by atoms with van der Waals surface area (Å²) in [6.07, 6.45) is 5.14. The van der Waals surface area contributed by atoms with Crippen LogP contribution in [0.2, 0.25) is 0 Å². The predicted octanol–water partition coefficient (Wildman–Crippen LogP) is 1.36. The summed E-state index contributed by atoms with van der Waals surface area (Å²) in [6.45, 7) is 4.38. The van der Waals surface area contributed by atoms with Crippen LogP contribution >= 0.6 is 0 Å². The van der Waals surface area contributed by atoms with E-state index < -0.39 is 0 Å². The standard InChI is InChI=1S/C14H24N4/c1-15-7-6-12-13-10-17(2)8-9-18(13)14(16-12)11-4-3-5-11/h11,15H,3-10H2,1-2H3. The van der Waals surface area contributed by atoms with Crippen LogP contribution in [0.1, 0.15) is 42.4 Å². The number of nitrogens with zero attached hydrogens (tertiary/aromatic N) is 3. The van der Waals surface area contributed by atoms with Gasteiger partial charge >= 0.3 is 0 Å². The molecule has 0 atom stereocenters. The van der Waals surface area contributed by atoms with Crippen molar-refractivity contribution in [3.8, 4) is 0 Å². The first-order valence-electron chi connectivity index (χ1n) is 7.21. The van der Waals surface area contributed by atoms with Gasteiger partial charge in [0.05, 0.1) is 11.4 Å². The van der Waals surface area contributed by atoms with Gasteiger partial charge in [-0.2, -0.15) is 0 Å². The Bertz CT molecular complexity index is 420. The first-order chi connectivity index (χ1) is 8.79. The fourth-order valence-corrected chi connectivity index (χ4v) is 3.01. The Kier molecular flexibility index (Phi) is 3.39. The summed E-state index contributed by atoms with van der Waals surface area (Å²) in [5.41, 5.74) is 2.80. The molecule has 0 saturated heterocycles. The smallest absolute Gasteiger partial charge is 0.112 e. The zero-order valence-corrected chi connectivity index (χ0v) is 11.6. The molecule has 1 fully saturated rings. The van der Waals surface area contributed by atoms with Crippen molar-refractivity contribution in [2.75, 3.05) is 27.2 Å². The Hall–Kier alpha value is -0.870. The first-order valence-corrected chi connectivity index (χ1v) is 7.21. The third-order valence-electron chi connectivity index (χ3n) is 4.39. The zero-order chi connectivity index (χ0) is 12.5. The summed E-state index contributed by atoms with van der Waals surface area (Å²) in [4.78, 5) is 7.39. The van der Waals surface area contributed by atoms with Gasteiger partial charge in [-0.25, -0.2) is 4.98 Å². The van der Waals surface area contributed by atoms with E-state index in [1.807, 2.05) is 7.05 Å². The number of fused-ring (bicyclic) bond motifs is 1. The van der Waals surface area contributed by atoms with Crippen molar-refractivity contribution in [2.24, 2.45) is 0 Å². The van der Waals surface area contributed by atoms with Gasteiger partial charge in [-0.3, -0.25) is 4.90 Å². The van der Waals surface area contributed by atoms with Crippen molar-refractivity contribution < 1.29 is 0 Å². The van der Waals surface area contributed by atoms with Crippen LogP contribution in [-0.4, -0.2) is 41.6 Å². The van der Waals surface area contributed by atoms with Crippen LogP contribution < -0.4 is 5.32 Å². The van der Waals surface area contributed by atoms with Crippen LogP contribution in [0.5, 0.6) is 0 Å². The fraction of sp³-hybridized carbons (Fsp3) is 0.786. The zero-order valence-electron chi connectivity index (χ0n) is 11.6. The quantitative estimate of drug-likeness (QED) is 0.873. The van der Waals surface area contributed by atoms with Crippen molar-refractivity contribution in [3.63, 3.8) is 0 Å². The minimum atomic E-state index is 0.746. The van der Waals surface area contributed by atoms with Crippen LogP contribution in [0.25, 0.3) is 0 Å². The Labute approximate surface area is 109 Å². The van der Waals surface area contributed by atoms with Crippen molar-refractivity contribution in [1.29, 1.82) is 0 Å². The van der Waals surface area contributed by atoms with Crippen molar-refractivity contribution in [3.05, 3.63) is 17.2 Å². The lowest BCUT2D eigenvalue weighted by atomic mass is 9.85. The average Bonchev–Trinajstić information content (AvgIpc) is 2.63. The highest BCUT2D eigenvalue weighted by molar-refractivity contribution is 5.22. The molecule has 1 N–H and O–H groups in total. The van der Waals surface area contributed by atoms with Gasteiger partial charge in [-0.15, -0.1) is 0 Å². The van der Waals surface area contributed by atoms with Gasteiger partial charge in [0.1, 0.15) is 5.82 Å².